The molecule has 0 aliphatic carbocycles. The lowest BCUT2D eigenvalue weighted by molar-refractivity contribution is -0.151. The number of ether oxygens (including phenoxy) is 1. The summed E-state index contributed by atoms with van der Waals surface area (Å²) < 4.78 is 5.88. The van der Waals surface area contributed by atoms with E-state index in [4.69, 9.17) is 4.74 Å². The van der Waals surface area contributed by atoms with Gasteiger partial charge in [0.25, 0.3) is 0 Å². The second kappa shape index (κ2) is 45.6. The van der Waals surface area contributed by atoms with Crippen molar-refractivity contribution >= 4 is 11.9 Å². The first-order valence-electron chi connectivity index (χ1n) is 24.6. The van der Waals surface area contributed by atoms with Crippen LogP contribution in [0.2, 0.25) is 0 Å². The third-order valence-electron chi connectivity index (χ3n) is 10.9. The third-order valence-corrected chi connectivity index (χ3v) is 10.9. The summed E-state index contributed by atoms with van der Waals surface area (Å²) in [4.78, 5) is 26.0. The lowest BCUT2D eigenvalue weighted by Crippen LogP contribution is -2.46. The monoisotopic (exact) mass is 812 g/mol. The number of carbonyl (C=O) groups is 2. The highest BCUT2D eigenvalue weighted by atomic mass is 16.5. The normalized spacial score (nSPS) is 13.8. The van der Waals surface area contributed by atoms with Gasteiger partial charge >= 0.3 is 5.97 Å². The first-order chi connectivity index (χ1) is 28.5. The van der Waals surface area contributed by atoms with E-state index in [1.165, 1.54) is 103 Å². The molecule has 3 unspecified atom stereocenters. The van der Waals surface area contributed by atoms with Crippen molar-refractivity contribution < 1.29 is 24.5 Å². The molecule has 0 saturated heterocycles. The number of hydrogen-bond acceptors (Lipinski definition) is 5. The fourth-order valence-corrected chi connectivity index (χ4v) is 7.19. The van der Waals surface area contributed by atoms with E-state index in [1.807, 2.05) is 0 Å². The van der Waals surface area contributed by atoms with Crippen LogP contribution in [0.15, 0.2) is 60.8 Å². The number of hydrogen-bond donors (Lipinski definition) is 3. The minimum absolute atomic E-state index is 0.0349. The van der Waals surface area contributed by atoms with Crippen molar-refractivity contribution in [2.45, 2.75) is 251 Å². The van der Waals surface area contributed by atoms with Crippen molar-refractivity contribution in [1.82, 2.24) is 5.32 Å². The van der Waals surface area contributed by atoms with Gasteiger partial charge in [-0.3, -0.25) is 9.59 Å². The van der Waals surface area contributed by atoms with Crippen LogP contribution in [0.25, 0.3) is 0 Å². The first-order valence-corrected chi connectivity index (χ1v) is 24.6. The van der Waals surface area contributed by atoms with Crippen LogP contribution in [-0.4, -0.2) is 46.9 Å². The van der Waals surface area contributed by atoms with E-state index in [0.29, 0.717) is 19.3 Å². The summed E-state index contributed by atoms with van der Waals surface area (Å²) in [7, 11) is 0. The Bertz CT molecular complexity index is 1050. The number of nitrogens with one attached hydrogen (secondary N) is 1. The molecular weight excluding hydrogens is 719 g/mol. The van der Waals surface area contributed by atoms with Gasteiger partial charge in [0.1, 0.15) is 6.10 Å². The summed E-state index contributed by atoms with van der Waals surface area (Å²) in [5.41, 5.74) is 0. The smallest absolute Gasteiger partial charge is 0.306 e. The number of allylic oxidation sites excluding steroid dienone is 10. The van der Waals surface area contributed by atoms with Gasteiger partial charge in [0, 0.05) is 6.42 Å². The number of carbonyl (C=O) groups excluding carboxylic acids is 2. The molecule has 0 rings (SSSR count). The lowest BCUT2D eigenvalue weighted by atomic mass is 10.0. The summed E-state index contributed by atoms with van der Waals surface area (Å²) in [5.74, 6) is -0.546. The van der Waals surface area contributed by atoms with E-state index in [0.717, 1.165) is 83.5 Å². The van der Waals surface area contributed by atoms with Crippen LogP contribution in [0.5, 0.6) is 0 Å². The molecule has 0 aromatic heterocycles. The largest absolute Gasteiger partial charge is 0.462 e. The van der Waals surface area contributed by atoms with Crippen molar-refractivity contribution in [3.63, 3.8) is 0 Å². The number of aliphatic hydroxyl groups is 2. The van der Waals surface area contributed by atoms with E-state index in [9.17, 15) is 19.8 Å². The first kappa shape index (κ1) is 55.6. The second-order valence-corrected chi connectivity index (χ2v) is 16.6. The molecule has 0 fully saturated rings. The molecule has 0 heterocycles. The molecule has 1 amide bonds. The Kier molecular flexibility index (Phi) is 43.7. The third kappa shape index (κ3) is 40.3. The van der Waals surface area contributed by atoms with Crippen molar-refractivity contribution in [2.24, 2.45) is 0 Å². The summed E-state index contributed by atoms with van der Waals surface area (Å²) >= 11 is 0. The van der Waals surface area contributed by atoms with Gasteiger partial charge < -0.3 is 20.3 Å². The van der Waals surface area contributed by atoms with Gasteiger partial charge in [-0.05, 0) is 64.2 Å². The molecule has 0 aromatic carbocycles. The van der Waals surface area contributed by atoms with E-state index >= 15 is 0 Å². The molecule has 0 radical (unpaired) electrons. The molecule has 3 atom stereocenters. The zero-order chi connectivity index (χ0) is 42.4. The fourth-order valence-electron chi connectivity index (χ4n) is 7.19. The summed E-state index contributed by atoms with van der Waals surface area (Å²) in [6.07, 6.45) is 55.7. The van der Waals surface area contributed by atoms with Crippen molar-refractivity contribution in [2.75, 3.05) is 6.61 Å². The fraction of sp³-hybridized carbons (Fsp3) is 0.769. The van der Waals surface area contributed by atoms with Gasteiger partial charge in [0.15, 0.2) is 0 Å². The van der Waals surface area contributed by atoms with E-state index in [-0.39, 0.29) is 24.9 Å². The maximum Gasteiger partial charge on any atom is 0.306 e. The van der Waals surface area contributed by atoms with Crippen LogP contribution in [0.4, 0.5) is 0 Å². The van der Waals surface area contributed by atoms with Gasteiger partial charge in [-0.2, -0.15) is 0 Å². The average molecular weight is 812 g/mol. The summed E-state index contributed by atoms with van der Waals surface area (Å²) in [5, 5.41) is 23.7. The highest BCUT2D eigenvalue weighted by Gasteiger charge is 2.24. The maximum absolute atomic E-state index is 13.2. The number of rotatable bonds is 43. The van der Waals surface area contributed by atoms with Crippen LogP contribution in [0.1, 0.15) is 233 Å². The topological polar surface area (TPSA) is 95.9 Å². The number of unbranched alkanes of at least 4 members (excludes halogenated alkanes) is 24. The van der Waals surface area contributed by atoms with Crippen molar-refractivity contribution in [3.8, 4) is 0 Å². The SMILES string of the molecule is CC/C=C/C=C/C=C\CCCCCCCC(=O)OC(CCC/C=C/C=C/CCCCCCCCC)CC(=O)NC(CO)C(O)CCCCCCCCCCCCCC. The number of amides is 1. The maximum atomic E-state index is 13.2. The predicted molar refractivity (Wildman–Crippen MR) is 250 cm³/mol. The Morgan fingerprint density at radius 1 is 0.517 bits per heavy atom. The van der Waals surface area contributed by atoms with Gasteiger partial charge in [-0.25, -0.2) is 0 Å². The highest BCUT2D eigenvalue weighted by Crippen LogP contribution is 2.17. The van der Waals surface area contributed by atoms with E-state index in [2.05, 4.69) is 86.8 Å². The Balaban J connectivity index is 4.70. The Labute approximate surface area is 358 Å². The minimum atomic E-state index is -0.803. The molecule has 0 saturated carbocycles. The van der Waals surface area contributed by atoms with Crippen molar-refractivity contribution in [1.29, 1.82) is 0 Å². The second-order valence-electron chi connectivity index (χ2n) is 16.6. The Hall–Kier alpha value is -2.44. The molecule has 3 N–H and O–H groups in total. The lowest BCUT2D eigenvalue weighted by Gasteiger charge is -2.24. The van der Waals surface area contributed by atoms with Crippen LogP contribution in [0, 0.1) is 0 Å². The van der Waals surface area contributed by atoms with E-state index < -0.39 is 18.2 Å². The summed E-state index contributed by atoms with van der Waals surface area (Å²) in [6.45, 7) is 6.32. The molecular formula is C52H93NO5. The van der Waals surface area contributed by atoms with Crippen LogP contribution >= 0.6 is 0 Å². The Morgan fingerprint density at radius 2 is 0.948 bits per heavy atom. The zero-order valence-electron chi connectivity index (χ0n) is 38.2. The number of aliphatic hydroxyl groups excluding tert-OH is 2. The molecule has 0 aliphatic heterocycles. The Morgan fingerprint density at radius 3 is 1.45 bits per heavy atom. The molecule has 6 heteroatoms. The standard InChI is InChI=1S/C52H93NO5/c1-4-7-10-13-16-19-22-25-27-28-31-34-37-40-43-48(58-52(57)45-42-39-36-33-30-26-23-20-17-14-11-8-5-2)46-51(56)53-49(47-54)50(55)44-41-38-35-32-29-24-21-18-15-12-9-6-3/h8,11,14,17,20,23,27-28,31,34,48-50,54-55H,4-7,9-10,12-13,15-16,18-19,21-22,24-26,29-30,32-33,35-47H2,1-3H3,(H,53,56)/b11-8+,17-14+,23-20-,28-27+,34-31+. The van der Waals surface area contributed by atoms with Crippen LogP contribution < -0.4 is 5.32 Å². The van der Waals surface area contributed by atoms with Gasteiger partial charge in [0.05, 0.1) is 25.2 Å². The van der Waals surface area contributed by atoms with Gasteiger partial charge in [-0.1, -0.05) is 216 Å². The van der Waals surface area contributed by atoms with Crippen molar-refractivity contribution in [3.05, 3.63) is 60.8 Å². The molecule has 0 spiro atoms. The quantitative estimate of drug-likeness (QED) is 0.0324. The summed E-state index contributed by atoms with van der Waals surface area (Å²) in [6, 6.07) is -0.720. The minimum Gasteiger partial charge on any atom is -0.462 e. The molecule has 0 aliphatic rings. The van der Waals surface area contributed by atoms with E-state index in [1.54, 1.807) is 0 Å². The molecule has 0 bridgehead atoms. The molecule has 336 valence electrons. The van der Waals surface area contributed by atoms with Crippen LogP contribution in [0.3, 0.4) is 0 Å². The molecule has 6 nitrogen and oxygen atoms in total. The number of esters is 1. The average Bonchev–Trinajstić information content (AvgIpc) is 3.22. The highest BCUT2D eigenvalue weighted by molar-refractivity contribution is 5.77. The molecule has 0 aromatic rings. The zero-order valence-corrected chi connectivity index (χ0v) is 38.2. The predicted octanol–water partition coefficient (Wildman–Crippen LogP) is 14.5. The van der Waals surface area contributed by atoms with Crippen LogP contribution in [-0.2, 0) is 14.3 Å². The molecule has 58 heavy (non-hydrogen) atoms. The van der Waals surface area contributed by atoms with Gasteiger partial charge in [-0.15, -0.1) is 0 Å². The van der Waals surface area contributed by atoms with Gasteiger partial charge in [0.2, 0.25) is 5.91 Å².